The second-order valence-corrected chi connectivity index (χ2v) is 10.1. The van der Waals surface area contributed by atoms with Crippen LogP contribution >= 0.6 is 0 Å². The molecule has 4 rings (SSSR count). The van der Waals surface area contributed by atoms with Gasteiger partial charge < -0.3 is 14.1 Å². The number of benzene rings is 2. The lowest BCUT2D eigenvalue weighted by atomic mass is 10.1. The van der Waals surface area contributed by atoms with E-state index in [1.807, 2.05) is 0 Å². The number of amides is 1. The Bertz CT molecular complexity index is 1200. The fourth-order valence-corrected chi connectivity index (χ4v) is 4.74. The molecule has 0 N–H and O–H groups in total. The van der Waals surface area contributed by atoms with Gasteiger partial charge >= 0.3 is 0 Å². The van der Waals surface area contributed by atoms with Gasteiger partial charge in [-0.05, 0) is 36.6 Å². The van der Waals surface area contributed by atoms with E-state index >= 15 is 0 Å². The highest BCUT2D eigenvalue weighted by atomic mass is 32.2. The third-order valence-corrected chi connectivity index (χ3v) is 6.11. The molecule has 0 aliphatic carbocycles. The number of fused-ring (bicyclic) bond motifs is 1. The Balaban J connectivity index is 1.73. The highest BCUT2D eigenvalue weighted by Crippen LogP contribution is 2.29. The second-order valence-electron chi connectivity index (χ2n) is 7.93. The summed E-state index contributed by atoms with van der Waals surface area (Å²) >= 11 is 0. The monoisotopic (exact) mass is 445 g/mol. The van der Waals surface area contributed by atoms with Crippen LogP contribution in [0.4, 0.5) is 4.39 Å². The van der Waals surface area contributed by atoms with E-state index in [1.54, 1.807) is 41.3 Å². The molecular formula is C23H24FNO5S. The van der Waals surface area contributed by atoms with Crippen molar-refractivity contribution in [1.29, 1.82) is 0 Å². The van der Waals surface area contributed by atoms with Crippen molar-refractivity contribution in [3.63, 3.8) is 0 Å². The Kier molecular flexibility index (Phi) is 6.11. The Morgan fingerprint density at radius 3 is 2.71 bits per heavy atom. The zero-order valence-corrected chi connectivity index (χ0v) is 18.0. The summed E-state index contributed by atoms with van der Waals surface area (Å²) in [5.41, 5.74) is 1.43. The third kappa shape index (κ3) is 5.14. The van der Waals surface area contributed by atoms with Crippen molar-refractivity contribution < 1.29 is 26.8 Å². The maximum Gasteiger partial charge on any atom is 0.290 e. The summed E-state index contributed by atoms with van der Waals surface area (Å²) in [6, 6.07) is 13.0. The topological polar surface area (TPSA) is 76.8 Å². The van der Waals surface area contributed by atoms with Crippen molar-refractivity contribution in [2.75, 3.05) is 19.4 Å². The molecule has 1 atom stereocenters. The molecule has 0 saturated carbocycles. The Hall–Kier alpha value is -2.71. The van der Waals surface area contributed by atoms with Crippen LogP contribution in [0.2, 0.25) is 0 Å². The molecule has 2 heterocycles. The SMILES string of the molecule is CS(=O)(=O)Cc1c(C(=O)N(Cc2cccc(F)c2)CC2CCCO2)oc2ccccc12. The number of para-hydroxylation sites is 1. The van der Waals surface area contributed by atoms with Gasteiger partial charge in [0, 0.05) is 36.9 Å². The maximum absolute atomic E-state index is 13.7. The summed E-state index contributed by atoms with van der Waals surface area (Å²) in [6.45, 7) is 1.10. The van der Waals surface area contributed by atoms with Crippen molar-refractivity contribution in [2.24, 2.45) is 0 Å². The molecular weight excluding hydrogens is 421 g/mol. The van der Waals surface area contributed by atoms with Gasteiger partial charge in [0.2, 0.25) is 0 Å². The standard InChI is InChI=1S/C23H24FNO5S/c1-31(27,28)15-20-19-9-2-3-10-21(19)30-22(20)23(26)25(14-18-8-5-11-29-18)13-16-6-4-7-17(24)12-16/h2-4,6-7,9-10,12,18H,5,8,11,13-15H2,1H3. The molecule has 1 aliphatic rings. The van der Waals surface area contributed by atoms with Crippen LogP contribution in [0, 0.1) is 5.82 Å². The predicted molar refractivity (Wildman–Crippen MR) is 115 cm³/mol. The smallest absolute Gasteiger partial charge is 0.290 e. The molecule has 164 valence electrons. The number of hydrogen-bond acceptors (Lipinski definition) is 5. The lowest BCUT2D eigenvalue weighted by Crippen LogP contribution is -2.37. The zero-order valence-electron chi connectivity index (χ0n) is 17.2. The summed E-state index contributed by atoms with van der Waals surface area (Å²) in [7, 11) is -3.41. The molecule has 0 spiro atoms. The summed E-state index contributed by atoms with van der Waals surface area (Å²) in [4.78, 5) is 15.1. The molecule has 1 aromatic heterocycles. The van der Waals surface area contributed by atoms with E-state index in [0.29, 0.717) is 35.2 Å². The van der Waals surface area contributed by atoms with Crippen LogP contribution in [0.25, 0.3) is 11.0 Å². The number of ether oxygens (including phenoxy) is 1. The maximum atomic E-state index is 13.7. The number of hydrogen-bond donors (Lipinski definition) is 0. The van der Waals surface area contributed by atoms with Crippen LogP contribution in [0.5, 0.6) is 0 Å². The number of nitrogens with zero attached hydrogens (tertiary/aromatic N) is 1. The Morgan fingerprint density at radius 2 is 2.00 bits per heavy atom. The highest BCUT2D eigenvalue weighted by molar-refractivity contribution is 7.89. The fourth-order valence-electron chi connectivity index (χ4n) is 3.93. The van der Waals surface area contributed by atoms with Crippen LogP contribution in [0.1, 0.15) is 34.5 Å². The average molecular weight is 446 g/mol. The van der Waals surface area contributed by atoms with Gasteiger partial charge in [-0.25, -0.2) is 12.8 Å². The number of rotatable bonds is 7. The molecule has 31 heavy (non-hydrogen) atoms. The first-order chi connectivity index (χ1) is 14.8. The molecule has 0 radical (unpaired) electrons. The molecule has 1 amide bonds. The third-order valence-electron chi connectivity index (χ3n) is 5.30. The lowest BCUT2D eigenvalue weighted by Gasteiger charge is -2.25. The van der Waals surface area contributed by atoms with Crippen LogP contribution in [0.3, 0.4) is 0 Å². The normalized spacial score (nSPS) is 16.6. The first-order valence-corrected chi connectivity index (χ1v) is 12.2. The van der Waals surface area contributed by atoms with Crippen molar-refractivity contribution in [3.8, 4) is 0 Å². The van der Waals surface area contributed by atoms with Gasteiger partial charge in [-0.15, -0.1) is 0 Å². The van der Waals surface area contributed by atoms with Gasteiger partial charge in [0.25, 0.3) is 5.91 Å². The quantitative estimate of drug-likeness (QED) is 0.551. The molecule has 6 nitrogen and oxygen atoms in total. The van der Waals surface area contributed by atoms with E-state index in [1.165, 1.54) is 12.1 Å². The summed E-state index contributed by atoms with van der Waals surface area (Å²) in [5.74, 6) is -1.13. The molecule has 8 heteroatoms. The first kappa shape index (κ1) is 21.5. The van der Waals surface area contributed by atoms with Gasteiger partial charge in [0.1, 0.15) is 11.4 Å². The predicted octanol–water partition coefficient (Wildman–Crippen LogP) is 3.94. The number of halogens is 1. The van der Waals surface area contributed by atoms with Gasteiger partial charge in [-0.1, -0.05) is 30.3 Å². The van der Waals surface area contributed by atoms with E-state index in [-0.39, 0.29) is 30.0 Å². The summed E-state index contributed by atoms with van der Waals surface area (Å²) < 4.78 is 49.4. The minimum Gasteiger partial charge on any atom is -0.451 e. The Morgan fingerprint density at radius 1 is 1.19 bits per heavy atom. The van der Waals surface area contributed by atoms with Gasteiger partial charge in [0.15, 0.2) is 15.6 Å². The van der Waals surface area contributed by atoms with Crippen LogP contribution in [-0.2, 0) is 26.9 Å². The zero-order chi connectivity index (χ0) is 22.0. The number of carbonyl (C=O) groups excluding carboxylic acids is 1. The molecule has 2 aromatic carbocycles. The van der Waals surface area contributed by atoms with Crippen molar-refractivity contribution >= 4 is 26.7 Å². The number of sulfone groups is 1. The highest BCUT2D eigenvalue weighted by Gasteiger charge is 2.30. The van der Waals surface area contributed by atoms with Crippen molar-refractivity contribution in [2.45, 2.75) is 31.2 Å². The molecule has 3 aromatic rings. The van der Waals surface area contributed by atoms with Crippen LogP contribution in [0.15, 0.2) is 52.9 Å². The van der Waals surface area contributed by atoms with Crippen molar-refractivity contribution in [1.82, 2.24) is 4.90 Å². The average Bonchev–Trinajstić information content (AvgIpc) is 3.34. The number of carbonyl (C=O) groups is 1. The molecule has 1 saturated heterocycles. The van der Waals surface area contributed by atoms with Gasteiger partial charge in [-0.3, -0.25) is 4.79 Å². The largest absolute Gasteiger partial charge is 0.451 e. The minimum atomic E-state index is -3.41. The van der Waals surface area contributed by atoms with Gasteiger partial charge in [0.05, 0.1) is 11.9 Å². The summed E-state index contributed by atoms with van der Waals surface area (Å²) in [6.07, 6.45) is 2.74. The van der Waals surface area contributed by atoms with Gasteiger partial charge in [-0.2, -0.15) is 0 Å². The van der Waals surface area contributed by atoms with E-state index in [2.05, 4.69) is 0 Å². The Labute approximate surface area is 180 Å². The van der Waals surface area contributed by atoms with E-state index in [0.717, 1.165) is 19.1 Å². The second kappa shape index (κ2) is 8.80. The fraction of sp³-hybridized carbons (Fsp3) is 0.348. The molecule has 1 unspecified atom stereocenters. The van der Waals surface area contributed by atoms with Crippen molar-refractivity contribution in [3.05, 3.63) is 71.2 Å². The molecule has 1 aliphatic heterocycles. The van der Waals surface area contributed by atoms with E-state index in [9.17, 15) is 17.6 Å². The molecule has 0 bridgehead atoms. The van der Waals surface area contributed by atoms with E-state index < -0.39 is 15.7 Å². The van der Waals surface area contributed by atoms with E-state index in [4.69, 9.17) is 9.15 Å². The lowest BCUT2D eigenvalue weighted by molar-refractivity contribution is 0.0484. The van der Waals surface area contributed by atoms with Crippen LogP contribution in [-0.4, -0.2) is 44.7 Å². The first-order valence-electron chi connectivity index (χ1n) is 10.1. The number of furan rings is 1. The van der Waals surface area contributed by atoms with Crippen LogP contribution < -0.4 is 0 Å². The summed E-state index contributed by atoms with van der Waals surface area (Å²) in [5, 5.41) is 0.596. The minimum absolute atomic E-state index is 0.000949. The molecule has 1 fully saturated rings.